The van der Waals surface area contributed by atoms with Crippen molar-refractivity contribution in [2.24, 2.45) is 0 Å². The zero-order valence-electron chi connectivity index (χ0n) is 25.0. The van der Waals surface area contributed by atoms with Crippen LogP contribution in [-0.4, -0.2) is 99.4 Å². The zero-order valence-corrected chi connectivity index (χ0v) is 29.4. The first-order valence-electron chi connectivity index (χ1n) is 14.4. The summed E-state index contributed by atoms with van der Waals surface area (Å²) < 4.78 is 0. The van der Waals surface area contributed by atoms with Crippen molar-refractivity contribution in [3.8, 4) is 0 Å². The maximum absolute atomic E-state index is 10.6. The number of aliphatic carboxylic acids is 4. The van der Waals surface area contributed by atoms with Gasteiger partial charge in [0.1, 0.15) is 0 Å². The van der Waals surface area contributed by atoms with Gasteiger partial charge in [-0.3, -0.25) is 0 Å². The number of carboxylic acids is 4. The molecule has 0 saturated carbocycles. The molecule has 0 aromatic carbocycles. The van der Waals surface area contributed by atoms with Gasteiger partial charge in [0.2, 0.25) is 0 Å². The van der Waals surface area contributed by atoms with Crippen LogP contribution in [0.5, 0.6) is 0 Å². The number of carbonyl (C=O) groups is 4. The molecule has 0 heterocycles. The second kappa shape index (κ2) is 35.1. The molecule has 0 bridgehead atoms. The Kier molecular flexibility index (Phi) is 41.1. The van der Waals surface area contributed by atoms with E-state index in [9.17, 15) is 39.6 Å². The summed E-state index contributed by atoms with van der Waals surface area (Å²) in [5, 5.41) is 41.9. The van der Waals surface area contributed by atoms with Crippen molar-refractivity contribution in [2.75, 3.05) is 0 Å². The van der Waals surface area contributed by atoms with E-state index >= 15 is 0 Å². The van der Waals surface area contributed by atoms with Crippen LogP contribution in [0.25, 0.3) is 0 Å². The summed E-state index contributed by atoms with van der Waals surface area (Å²) in [4.78, 5) is 41.9. The van der Waals surface area contributed by atoms with Gasteiger partial charge in [-0.05, 0) is 36.8 Å². The molecule has 10 heteroatoms. The van der Waals surface area contributed by atoms with Crippen LogP contribution < -0.4 is 20.4 Å². The number of rotatable bonds is 24. The van der Waals surface area contributed by atoms with Gasteiger partial charge in [0.25, 0.3) is 0 Å². The molecular weight excluding hydrogens is 568 g/mol. The summed E-state index contributed by atoms with van der Waals surface area (Å²) in [7, 11) is 0. The minimum Gasteiger partial charge on any atom is -0.550 e. The predicted octanol–water partition coefficient (Wildman–Crippen LogP) is 1.91. The molecule has 0 aromatic heterocycles. The smallest absolute Gasteiger partial charge is 0.550 e. The maximum atomic E-state index is 10.6. The molecular formula is C30H48Ca2O8. The molecule has 0 aromatic rings. The number of allylic oxidation sites excluding steroid dienone is 2. The average molecular weight is 617 g/mol. The molecule has 0 fully saturated rings. The molecule has 0 rings (SSSR count). The summed E-state index contributed by atoms with van der Waals surface area (Å²) in [5.41, 5.74) is -0.356. The summed E-state index contributed by atoms with van der Waals surface area (Å²) in [6.45, 7) is 4.38. The van der Waals surface area contributed by atoms with Gasteiger partial charge in [-0.2, -0.15) is 0 Å². The molecule has 40 heavy (non-hydrogen) atoms. The first-order valence-corrected chi connectivity index (χ1v) is 14.4. The van der Waals surface area contributed by atoms with Gasteiger partial charge in [-0.1, -0.05) is 116 Å². The maximum Gasteiger partial charge on any atom is 2.00 e. The van der Waals surface area contributed by atoms with E-state index in [4.69, 9.17) is 0 Å². The van der Waals surface area contributed by atoms with Crippen molar-refractivity contribution >= 4 is 99.4 Å². The van der Waals surface area contributed by atoms with Gasteiger partial charge in [0.05, 0.1) is 11.9 Å². The summed E-state index contributed by atoms with van der Waals surface area (Å²) in [6, 6.07) is 0. The third-order valence-electron chi connectivity index (χ3n) is 6.09. The number of hydrogen-bond donors (Lipinski definition) is 0. The van der Waals surface area contributed by atoms with Crippen LogP contribution in [0.1, 0.15) is 142 Å². The molecule has 0 saturated heterocycles. The van der Waals surface area contributed by atoms with E-state index in [1.165, 1.54) is 76.4 Å². The monoisotopic (exact) mass is 616 g/mol. The Bertz CT molecular complexity index is 660. The molecule has 0 N–H and O–H groups in total. The summed E-state index contributed by atoms with van der Waals surface area (Å²) in [6.07, 6.45) is 21.7. The molecule has 0 aliphatic rings. The fraction of sp³-hybridized carbons (Fsp3) is 0.733. The van der Waals surface area contributed by atoms with Gasteiger partial charge < -0.3 is 39.6 Å². The Morgan fingerprint density at radius 3 is 0.925 bits per heavy atom. The first-order chi connectivity index (χ1) is 18.1. The summed E-state index contributed by atoms with van der Waals surface area (Å²) in [5.74, 6) is -5.59. The van der Waals surface area contributed by atoms with Crippen molar-refractivity contribution in [1.82, 2.24) is 0 Å². The van der Waals surface area contributed by atoms with Gasteiger partial charge in [-0.25, -0.2) is 0 Å². The fourth-order valence-corrected chi connectivity index (χ4v) is 3.88. The van der Waals surface area contributed by atoms with Crippen LogP contribution in [0.15, 0.2) is 23.3 Å². The Morgan fingerprint density at radius 1 is 0.450 bits per heavy atom. The van der Waals surface area contributed by atoms with E-state index in [1.807, 2.05) is 0 Å². The van der Waals surface area contributed by atoms with E-state index in [2.05, 4.69) is 13.8 Å². The Balaban J connectivity index is -0.000000309. The van der Waals surface area contributed by atoms with Gasteiger partial charge in [0, 0.05) is 24.8 Å². The molecule has 0 spiro atoms. The van der Waals surface area contributed by atoms with Crippen molar-refractivity contribution in [3.63, 3.8) is 0 Å². The Hall–Kier alpha value is -0.121. The fourth-order valence-electron chi connectivity index (χ4n) is 3.88. The van der Waals surface area contributed by atoms with Crippen LogP contribution in [0.4, 0.5) is 0 Å². The second-order valence-corrected chi connectivity index (χ2v) is 9.66. The van der Waals surface area contributed by atoms with Crippen LogP contribution in [0, 0.1) is 0 Å². The normalized spacial score (nSPS) is 10.9. The third kappa shape index (κ3) is 35.9. The number of carbonyl (C=O) groups excluding carboxylic acids is 4. The van der Waals surface area contributed by atoms with E-state index in [0.29, 0.717) is 12.8 Å². The molecule has 0 radical (unpaired) electrons. The van der Waals surface area contributed by atoms with Gasteiger partial charge in [0.15, 0.2) is 0 Å². The first kappa shape index (κ1) is 46.8. The van der Waals surface area contributed by atoms with Crippen LogP contribution in [-0.2, 0) is 19.2 Å². The number of carboxylic acid groups (broad SMARTS) is 4. The van der Waals surface area contributed by atoms with Crippen LogP contribution >= 0.6 is 0 Å². The van der Waals surface area contributed by atoms with E-state index in [-0.39, 0.29) is 86.6 Å². The largest absolute Gasteiger partial charge is 2.00 e. The average Bonchev–Trinajstić information content (AvgIpc) is 2.85. The van der Waals surface area contributed by atoms with E-state index < -0.39 is 36.7 Å². The molecule has 0 aliphatic carbocycles. The quantitative estimate of drug-likeness (QED) is 0.0903. The zero-order chi connectivity index (χ0) is 29.0. The molecule has 0 unspecified atom stereocenters. The molecule has 8 nitrogen and oxygen atoms in total. The minimum atomic E-state index is -1.41. The van der Waals surface area contributed by atoms with Crippen molar-refractivity contribution in [3.05, 3.63) is 23.3 Å². The number of hydrogen-bond acceptors (Lipinski definition) is 8. The van der Waals surface area contributed by atoms with Crippen LogP contribution in [0.3, 0.4) is 0 Å². The van der Waals surface area contributed by atoms with Crippen molar-refractivity contribution in [2.45, 2.75) is 142 Å². The summed E-state index contributed by atoms with van der Waals surface area (Å²) >= 11 is 0. The molecule has 220 valence electrons. The molecule has 0 amide bonds. The van der Waals surface area contributed by atoms with Gasteiger partial charge >= 0.3 is 75.5 Å². The third-order valence-corrected chi connectivity index (χ3v) is 6.09. The second-order valence-electron chi connectivity index (χ2n) is 9.66. The van der Waals surface area contributed by atoms with Crippen molar-refractivity contribution in [1.29, 1.82) is 0 Å². The van der Waals surface area contributed by atoms with Crippen molar-refractivity contribution < 1.29 is 39.6 Å². The Morgan fingerprint density at radius 2 is 0.700 bits per heavy atom. The molecule has 0 atom stereocenters. The predicted molar refractivity (Wildman–Crippen MR) is 151 cm³/mol. The van der Waals surface area contributed by atoms with Gasteiger partial charge in [-0.15, -0.1) is 0 Å². The van der Waals surface area contributed by atoms with E-state index in [1.54, 1.807) is 0 Å². The van der Waals surface area contributed by atoms with Crippen LogP contribution in [0.2, 0.25) is 0 Å². The SMILES string of the molecule is CCCCCCCCCCC=C(CC(=O)[O-])C(=O)[O-].CCCCCCCCCCC=C(CC(=O)[O-])C(=O)[O-].[Ca+2].[Ca+2]. The minimum absolute atomic E-state index is 0. The topological polar surface area (TPSA) is 161 Å². The standard InChI is InChI=1S/2C15H26O4.2Ca/c2*1-2-3-4-5-6-7-8-9-10-11-13(15(18)19)12-14(16)17;;/h2*11H,2-10,12H2,1H3,(H,16,17)(H,18,19);;/q;;2*+2/p-4. The van der Waals surface area contributed by atoms with E-state index in [0.717, 1.165) is 38.5 Å². The molecule has 0 aliphatic heterocycles. The number of unbranched alkanes of at least 4 members (excludes halogenated alkanes) is 16. The Labute approximate surface area is 301 Å².